The fourth-order valence-electron chi connectivity index (χ4n) is 2.94. The number of aryl methyl sites for hydroxylation is 2. The minimum Gasteiger partial charge on any atom is -0.449 e. The van der Waals surface area contributed by atoms with Gasteiger partial charge in [-0.25, -0.2) is 4.79 Å². The summed E-state index contributed by atoms with van der Waals surface area (Å²) in [5, 5.41) is 7.18. The summed E-state index contributed by atoms with van der Waals surface area (Å²) in [5.41, 5.74) is 4.48. The van der Waals surface area contributed by atoms with Crippen LogP contribution >= 0.6 is 0 Å². The molecule has 0 aliphatic carbocycles. The lowest BCUT2D eigenvalue weighted by Gasteiger charge is -2.17. The predicted octanol–water partition coefficient (Wildman–Crippen LogP) is 4.13. The average molecular weight is 383 g/mol. The van der Waals surface area contributed by atoms with Crippen LogP contribution in [0.25, 0.3) is 6.08 Å². The van der Waals surface area contributed by atoms with Gasteiger partial charge in [-0.05, 0) is 50.8 Å². The first-order chi connectivity index (χ1) is 13.2. The van der Waals surface area contributed by atoms with Crippen molar-refractivity contribution in [3.63, 3.8) is 0 Å². The topological polar surface area (TPSA) is 73.2 Å². The van der Waals surface area contributed by atoms with Crippen LogP contribution < -0.4 is 5.32 Å². The van der Waals surface area contributed by atoms with Gasteiger partial charge in [0.2, 0.25) is 0 Å². The molecule has 1 aromatic heterocycles. The second-order valence-electron chi connectivity index (χ2n) is 7.01. The van der Waals surface area contributed by atoms with Crippen molar-refractivity contribution in [2.45, 2.75) is 53.1 Å². The molecule has 1 amide bonds. The number of carbonyl (C=O) groups is 2. The highest BCUT2D eigenvalue weighted by molar-refractivity contribution is 5.97. The van der Waals surface area contributed by atoms with E-state index in [2.05, 4.69) is 24.3 Å². The molecule has 6 heteroatoms. The molecular weight excluding hydrogens is 354 g/mol. The number of esters is 1. The van der Waals surface area contributed by atoms with Gasteiger partial charge >= 0.3 is 5.97 Å². The molecule has 2 rings (SSSR count). The van der Waals surface area contributed by atoms with Crippen LogP contribution in [0.5, 0.6) is 0 Å². The molecule has 0 radical (unpaired) electrons. The Balaban J connectivity index is 2.01. The van der Waals surface area contributed by atoms with Gasteiger partial charge in [-0.1, -0.05) is 32.0 Å². The molecule has 6 nitrogen and oxygen atoms in total. The third-order valence-corrected chi connectivity index (χ3v) is 4.98. The number of anilines is 1. The van der Waals surface area contributed by atoms with E-state index in [0.29, 0.717) is 5.92 Å². The van der Waals surface area contributed by atoms with Crippen LogP contribution in [0.15, 0.2) is 30.3 Å². The zero-order valence-electron chi connectivity index (χ0n) is 17.4. The highest BCUT2D eigenvalue weighted by Gasteiger charge is 2.19. The Bertz CT molecular complexity index is 883. The number of aromatic nitrogens is 2. The molecule has 150 valence electrons. The quantitative estimate of drug-likeness (QED) is 0.576. The maximum atomic E-state index is 12.5. The highest BCUT2D eigenvalue weighted by Crippen LogP contribution is 2.26. The molecule has 1 N–H and O–H groups in total. The van der Waals surface area contributed by atoms with E-state index in [1.807, 2.05) is 45.2 Å². The average Bonchev–Trinajstić information content (AvgIpc) is 2.91. The van der Waals surface area contributed by atoms with Gasteiger partial charge in [-0.3, -0.25) is 9.48 Å². The summed E-state index contributed by atoms with van der Waals surface area (Å²) in [6, 6.07) is 7.69. The summed E-state index contributed by atoms with van der Waals surface area (Å²) >= 11 is 0. The molecule has 0 aliphatic rings. The molecule has 0 aliphatic heterocycles. The normalized spacial score (nSPS) is 13.4. The number of carbonyl (C=O) groups excluding carboxylic acids is 2. The van der Waals surface area contributed by atoms with Gasteiger partial charge in [0.05, 0.1) is 5.69 Å². The van der Waals surface area contributed by atoms with Gasteiger partial charge in [-0.15, -0.1) is 0 Å². The minimum atomic E-state index is -0.904. The van der Waals surface area contributed by atoms with Crippen molar-refractivity contribution in [3.05, 3.63) is 52.9 Å². The van der Waals surface area contributed by atoms with Gasteiger partial charge in [0.1, 0.15) is 0 Å². The molecule has 0 bridgehead atoms. The van der Waals surface area contributed by atoms with Crippen LogP contribution in [-0.2, 0) is 21.4 Å². The van der Waals surface area contributed by atoms with Crippen molar-refractivity contribution < 1.29 is 14.3 Å². The summed E-state index contributed by atoms with van der Waals surface area (Å²) in [6.07, 6.45) is 3.06. The Morgan fingerprint density at radius 3 is 2.54 bits per heavy atom. The first-order valence-electron chi connectivity index (χ1n) is 9.53. The first kappa shape index (κ1) is 21.4. The van der Waals surface area contributed by atoms with Crippen molar-refractivity contribution in [2.75, 3.05) is 5.32 Å². The smallest absolute Gasteiger partial charge is 0.331 e. The summed E-state index contributed by atoms with van der Waals surface area (Å²) in [5.74, 6) is -0.602. The monoisotopic (exact) mass is 383 g/mol. The van der Waals surface area contributed by atoms with Crippen LogP contribution in [0.1, 0.15) is 55.6 Å². The molecule has 1 aromatic carbocycles. The summed E-state index contributed by atoms with van der Waals surface area (Å²) < 4.78 is 7.01. The number of benzene rings is 1. The number of hydrogen-bond donors (Lipinski definition) is 1. The molecule has 2 atom stereocenters. The van der Waals surface area contributed by atoms with Crippen LogP contribution in [-0.4, -0.2) is 27.8 Å². The standard InChI is InChI=1S/C22H29N3O3/c1-7-14(2)18-10-8-9-11-20(18)23-22(27)17(5)28-21(26)13-12-19-15(3)24-25(6)16(19)4/h8-14,17H,7H2,1-6H3,(H,23,27)/b13-12+/t14-,17+/m0/s1. The Kier molecular flexibility index (Phi) is 7.15. The summed E-state index contributed by atoms with van der Waals surface area (Å²) in [6.45, 7) is 9.58. The molecule has 2 aromatic rings. The Morgan fingerprint density at radius 1 is 1.25 bits per heavy atom. The van der Waals surface area contributed by atoms with Crippen molar-refractivity contribution in [1.82, 2.24) is 9.78 Å². The Hall–Kier alpha value is -2.89. The van der Waals surface area contributed by atoms with Gasteiger partial charge in [0.15, 0.2) is 6.10 Å². The van der Waals surface area contributed by atoms with Crippen molar-refractivity contribution >= 4 is 23.6 Å². The molecule has 0 unspecified atom stereocenters. The van der Waals surface area contributed by atoms with Gasteiger partial charge in [0.25, 0.3) is 5.91 Å². The second-order valence-corrected chi connectivity index (χ2v) is 7.01. The number of nitrogens with one attached hydrogen (secondary N) is 1. The molecule has 0 spiro atoms. The number of hydrogen-bond acceptors (Lipinski definition) is 4. The molecule has 0 saturated carbocycles. The molecule has 0 saturated heterocycles. The largest absolute Gasteiger partial charge is 0.449 e. The lowest BCUT2D eigenvalue weighted by molar-refractivity contribution is -0.148. The van der Waals surface area contributed by atoms with Gasteiger partial charge < -0.3 is 10.1 Å². The number of para-hydroxylation sites is 1. The zero-order chi connectivity index (χ0) is 20.8. The predicted molar refractivity (Wildman–Crippen MR) is 111 cm³/mol. The number of nitrogens with zero attached hydrogens (tertiary/aromatic N) is 2. The Morgan fingerprint density at radius 2 is 1.93 bits per heavy atom. The molecular formula is C22H29N3O3. The van der Waals surface area contributed by atoms with E-state index >= 15 is 0 Å². The van der Waals surface area contributed by atoms with E-state index in [-0.39, 0.29) is 5.91 Å². The van der Waals surface area contributed by atoms with Crippen LogP contribution in [0.4, 0.5) is 5.69 Å². The third-order valence-electron chi connectivity index (χ3n) is 4.98. The lowest BCUT2D eigenvalue weighted by atomic mass is 9.97. The maximum absolute atomic E-state index is 12.5. The number of ether oxygens (including phenoxy) is 1. The van der Waals surface area contributed by atoms with Crippen molar-refractivity contribution in [3.8, 4) is 0 Å². The van der Waals surface area contributed by atoms with Crippen molar-refractivity contribution in [2.24, 2.45) is 7.05 Å². The number of rotatable bonds is 7. The van der Waals surface area contributed by atoms with Crippen molar-refractivity contribution in [1.29, 1.82) is 0 Å². The van der Waals surface area contributed by atoms with E-state index in [1.54, 1.807) is 17.7 Å². The van der Waals surface area contributed by atoms with Crippen LogP contribution in [0, 0.1) is 13.8 Å². The van der Waals surface area contributed by atoms with E-state index in [9.17, 15) is 9.59 Å². The zero-order valence-corrected chi connectivity index (χ0v) is 17.4. The second kappa shape index (κ2) is 9.35. The molecule has 28 heavy (non-hydrogen) atoms. The van der Waals surface area contributed by atoms with E-state index in [1.165, 1.54) is 6.08 Å². The Labute approximate surface area is 166 Å². The highest BCUT2D eigenvalue weighted by atomic mass is 16.5. The third kappa shape index (κ3) is 5.09. The minimum absolute atomic E-state index is 0.322. The van der Waals surface area contributed by atoms with Crippen LogP contribution in [0.3, 0.4) is 0 Å². The first-order valence-corrected chi connectivity index (χ1v) is 9.53. The van der Waals surface area contributed by atoms with Crippen LogP contribution in [0.2, 0.25) is 0 Å². The van der Waals surface area contributed by atoms with E-state index in [4.69, 9.17) is 4.74 Å². The maximum Gasteiger partial charge on any atom is 0.331 e. The number of amides is 1. The van der Waals surface area contributed by atoms with E-state index < -0.39 is 12.1 Å². The fourth-order valence-corrected chi connectivity index (χ4v) is 2.94. The summed E-state index contributed by atoms with van der Waals surface area (Å²) in [4.78, 5) is 24.6. The SMILES string of the molecule is CC[C@H](C)c1ccccc1NC(=O)[C@@H](C)OC(=O)/C=C/c1c(C)nn(C)c1C. The summed E-state index contributed by atoms with van der Waals surface area (Å²) in [7, 11) is 1.85. The molecule has 0 fully saturated rings. The van der Waals surface area contributed by atoms with E-state index in [0.717, 1.165) is 34.6 Å². The van der Waals surface area contributed by atoms with Gasteiger partial charge in [-0.2, -0.15) is 5.10 Å². The lowest BCUT2D eigenvalue weighted by Crippen LogP contribution is -2.29. The molecule has 1 heterocycles. The van der Waals surface area contributed by atoms with Gasteiger partial charge in [0, 0.05) is 30.1 Å². The fraction of sp³-hybridized carbons (Fsp3) is 0.409.